The average Bonchev–Trinajstić information content (AvgIpc) is 3.04. The molecule has 8 fully saturated rings. The number of esters is 1. The van der Waals surface area contributed by atoms with Gasteiger partial charge in [0.1, 0.15) is 78.5 Å². The van der Waals surface area contributed by atoms with Gasteiger partial charge in [0, 0.05) is 31.5 Å². The number of carbonyl (C=O) groups is 2. The van der Waals surface area contributed by atoms with Crippen molar-refractivity contribution in [1.82, 2.24) is 0 Å². The number of allylic oxidation sites excluding steroid dienone is 3. The minimum absolute atomic E-state index is 0.00260. The highest BCUT2D eigenvalue weighted by atomic mass is 32.3. The molecule has 1 spiro atoms. The predicted octanol–water partition coefficient (Wildman–Crippen LogP) is 0.921. The molecule has 23 nitrogen and oxygen atoms in total. The standard InChI is InChI=1S/C54H84O23S/c1-24(2)11-10-16-53(8)45-29(56)20-52(7)28-12-13-33-50(4,5)34(15-17-51(33,6)27(28)14-18-54(45,52)49(64)76-53)73-48-44(37(60)32(23-70-48)77-78(65,66)67)75-47-39(62)38(61)41(25(3)71-47)74-46-40(63)42(30(57)22-69-46)72-31-19-26(21-55)35(58)43(68-9)36(31)59/h12,25-27,30-48,55,57-63H,1,10-11,13-23H2,2-9H3,(H,65,66,67)/t25?,26?,27-,30-,31-,32-,33+,34+,35-,36?,37?,38?,39?,40?,41-,42?,43?,44?,45-,46+,47+,48+,51-,52+,53+,54?/m1/s1. The maximum Gasteiger partial charge on any atom is 0.397 e. The lowest BCUT2D eigenvalue weighted by molar-refractivity contribution is -0.377. The zero-order valence-corrected chi connectivity index (χ0v) is 46.6. The van der Waals surface area contributed by atoms with Crippen molar-refractivity contribution in [3.05, 3.63) is 23.8 Å². The molecule has 0 radical (unpaired) electrons. The Morgan fingerprint density at radius 2 is 1.47 bits per heavy atom. The smallest absolute Gasteiger partial charge is 0.397 e. The van der Waals surface area contributed by atoms with Crippen molar-refractivity contribution in [1.29, 1.82) is 0 Å². The molecule has 0 amide bonds. The lowest BCUT2D eigenvalue weighted by Gasteiger charge is -2.63. The summed E-state index contributed by atoms with van der Waals surface area (Å²) in [6.45, 7) is 16.4. The minimum atomic E-state index is -5.14. The molecule has 0 aromatic rings. The van der Waals surface area contributed by atoms with Crippen molar-refractivity contribution in [3.63, 3.8) is 0 Å². The fourth-order valence-electron chi connectivity index (χ4n) is 16.2. The van der Waals surface area contributed by atoms with Crippen LogP contribution in [0.15, 0.2) is 23.8 Å². The molecule has 9 aliphatic rings. The van der Waals surface area contributed by atoms with Gasteiger partial charge in [-0.05, 0) is 101 Å². The highest BCUT2D eigenvalue weighted by Crippen LogP contribution is 2.75. The lowest BCUT2D eigenvalue weighted by atomic mass is 9.41. The number of aliphatic hydroxyl groups is 8. The average molecular weight is 1130 g/mol. The number of ether oxygens (including phenoxy) is 9. The number of rotatable bonds is 16. The van der Waals surface area contributed by atoms with Gasteiger partial charge in [-0.3, -0.25) is 14.1 Å². The molecule has 0 aromatic heterocycles. The molecule has 444 valence electrons. The van der Waals surface area contributed by atoms with Gasteiger partial charge in [-0.25, -0.2) is 4.18 Å². The van der Waals surface area contributed by atoms with Crippen molar-refractivity contribution in [3.8, 4) is 0 Å². The summed E-state index contributed by atoms with van der Waals surface area (Å²) in [7, 11) is -3.88. The van der Waals surface area contributed by atoms with Gasteiger partial charge >= 0.3 is 16.4 Å². The SMILES string of the molecule is C=C(C)CCC[C@]1(C)OC(=O)C23CC[C@@H]4C(=CC[C@H]5C(C)(C)[C@@H](O[C@@H]6OC[C@@H](OS(=O)(=O)O)C(O)C6O[C@@H]6OC(C)[C@@H](O[C@@H]7OC[C@@H](O)C(O[C@@H]8CC(CO)[C@@H](O)C(OC)C8O)C7O)C(O)C6O)CC[C@]45C)[C@]2(C)CC(=O)[C@@H]31. The van der Waals surface area contributed by atoms with E-state index in [-0.39, 0.29) is 41.8 Å². The Morgan fingerprint density at radius 1 is 0.795 bits per heavy atom. The van der Waals surface area contributed by atoms with Crippen LogP contribution in [0.5, 0.6) is 0 Å². The van der Waals surface area contributed by atoms with E-state index in [2.05, 4.69) is 40.3 Å². The molecule has 4 saturated carbocycles. The number of hydrogen-bond acceptors (Lipinski definition) is 22. The third-order valence-corrected chi connectivity index (χ3v) is 20.7. The van der Waals surface area contributed by atoms with Crippen LogP contribution in [-0.4, -0.2) is 209 Å². The van der Waals surface area contributed by atoms with E-state index in [1.54, 1.807) is 0 Å². The zero-order chi connectivity index (χ0) is 57.0. The fraction of sp³-hybridized carbons (Fsp3) is 0.889. The Kier molecular flexibility index (Phi) is 17.1. The third kappa shape index (κ3) is 10.2. The molecule has 9 rings (SSSR count). The van der Waals surface area contributed by atoms with Gasteiger partial charge in [-0.1, -0.05) is 44.9 Å². The lowest BCUT2D eigenvalue weighted by Crippen LogP contribution is -2.65. The molecule has 4 heterocycles. The van der Waals surface area contributed by atoms with Gasteiger partial charge in [0.05, 0.1) is 49.0 Å². The van der Waals surface area contributed by atoms with Crippen LogP contribution >= 0.6 is 0 Å². The van der Waals surface area contributed by atoms with Crippen LogP contribution < -0.4 is 0 Å². The second-order valence-electron chi connectivity index (χ2n) is 25.3. The predicted molar refractivity (Wildman–Crippen MR) is 268 cm³/mol. The topological polar surface area (TPSA) is 343 Å². The first kappa shape index (κ1) is 60.4. The van der Waals surface area contributed by atoms with Gasteiger partial charge in [-0.2, -0.15) is 8.42 Å². The summed E-state index contributed by atoms with van der Waals surface area (Å²) in [5.74, 6) is -1.48. The number of Topliss-reactive ketones (excluding diaryl/α,β-unsaturated/α-hetero) is 1. The van der Waals surface area contributed by atoms with Crippen LogP contribution in [0.2, 0.25) is 0 Å². The van der Waals surface area contributed by atoms with E-state index in [1.165, 1.54) is 14.0 Å². The summed E-state index contributed by atoms with van der Waals surface area (Å²) < 4.78 is 92.7. The molecule has 11 unspecified atom stereocenters. The van der Waals surface area contributed by atoms with Gasteiger partial charge in [0.15, 0.2) is 18.9 Å². The molecule has 0 bridgehead atoms. The van der Waals surface area contributed by atoms with Crippen LogP contribution in [0.1, 0.15) is 113 Å². The van der Waals surface area contributed by atoms with Crippen molar-refractivity contribution < 1.29 is 110 Å². The Morgan fingerprint density at radius 3 is 2.14 bits per heavy atom. The van der Waals surface area contributed by atoms with Crippen LogP contribution in [0.3, 0.4) is 0 Å². The third-order valence-electron chi connectivity index (χ3n) is 20.2. The van der Waals surface area contributed by atoms with Crippen molar-refractivity contribution >= 4 is 22.2 Å². The zero-order valence-electron chi connectivity index (χ0n) is 45.8. The maximum absolute atomic E-state index is 14.4. The minimum Gasteiger partial charge on any atom is -0.458 e. The highest BCUT2D eigenvalue weighted by Gasteiger charge is 2.79. The van der Waals surface area contributed by atoms with Gasteiger partial charge < -0.3 is 83.5 Å². The molecule has 4 aliphatic heterocycles. The maximum atomic E-state index is 14.4. The fourth-order valence-corrected chi connectivity index (χ4v) is 16.7. The number of ketones is 1. The van der Waals surface area contributed by atoms with Crippen LogP contribution in [0, 0.1) is 45.3 Å². The Balaban J connectivity index is 0.894. The van der Waals surface area contributed by atoms with E-state index in [0.29, 0.717) is 38.5 Å². The first-order valence-electron chi connectivity index (χ1n) is 27.6. The van der Waals surface area contributed by atoms with Crippen LogP contribution in [-0.2, 0) is 66.8 Å². The number of hydrogen-bond donors (Lipinski definition) is 9. The van der Waals surface area contributed by atoms with E-state index in [4.69, 9.17) is 46.8 Å². The Labute approximate surface area is 455 Å². The molecule has 26 atom stereocenters. The molecule has 9 N–H and O–H groups in total. The van der Waals surface area contributed by atoms with E-state index in [9.17, 15) is 63.4 Å². The molecule has 5 aliphatic carbocycles. The van der Waals surface area contributed by atoms with Crippen molar-refractivity contribution in [2.75, 3.05) is 26.9 Å². The van der Waals surface area contributed by atoms with Crippen molar-refractivity contribution in [2.45, 2.75) is 229 Å². The second-order valence-corrected chi connectivity index (χ2v) is 26.4. The van der Waals surface area contributed by atoms with Gasteiger partial charge in [0.2, 0.25) is 0 Å². The number of carbonyl (C=O) groups excluding carboxylic acids is 2. The van der Waals surface area contributed by atoms with E-state index >= 15 is 0 Å². The molecule has 4 saturated heterocycles. The molecular weight excluding hydrogens is 1050 g/mol. The summed E-state index contributed by atoms with van der Waals surface area (Å²) in [5.41, 5.74) is -1.33. The van der Waals surface area contributed by atoms with Crippen molar-refractivity contribution in [2.24, 2.45) is 45.3 Å². The summed E-state index contributed by atoms with van der Waals surface area (Å²) in [6.07, 6.45) is -19.2. The second kappa shape index (κ2) is 22.1. The van der Waals surface area contributed by atoms with E-state index in [1.807, 2.05) is 13.8 Å². The molecular formula is C54H84O23S. The van der Waals surface area contributed by atoms with Crippen LogP contribution in [0.25, 0.3) is 0 Å². The number of methoxy groups -OCH3 is 1. The van der Waals surface area contributed by atoms with Crippen LogP contribution in [0.4, 0.5) is 0 Å². The summed E-state index contributed by atoms with van der Waals surface area (Å²) in [6, 6.07) is 0. The summed E-state index contributed by atoms with van der Waals surface area (Å²) >= 11 is 0. The summed E-state index contributed by atoms with van der Waals surface area (Å²) in [5, 5.41) is 88.7. The first-order valence-corrected chi connectivity index (χ1v) is 29.0. The molecule has 0 aromatic carbocycles. The van der Waals surface area contributed by atoms with E-state index in [0.717, 1.165) is 24.0 Å². The Hall–Kier alpha value is -2.15. The largest absolute Gasteiger partial charge is 0.458 e. The summed E-state index contributed by atoms with van der Waals surface area (Å²) in [4.78, 5) is 28.7. The van der Waals surface area contributed by atoms with E-state index < -0.39 is 174 Å². The number of aliphatic hydroxyl groups excluding tert-OH is 8. The normalized spacial score (nSPS) is 50.2. The highest BCUT2D eigenvalue weighted by molar-refractivity contribution is 7.80. The first-order chi connectivity index (χ1) is 36.5. The monoisotopic (exact) mass is 1130 g/mol. The Bertz CT molecular complexity index is 2370. The van der Waals surface area contributed by atoms with Gasteiger partial charge in [0.25, 0.3) is 0 Å². The number of fused-ring (bicyclic) bond motifs is 4. The quantitative estimate of drug-likeness (QED) is 0.0589. The molecule has 78 heavy (non-hydrogen) atoms. The van der Waals surface area contributed by atoms with Gasteiger partial charge in [-0.15, -0.1) is 6.58 Å². The molecule has 24 heteroatoms. The number of cyclic esters (lactones) is 1.